The number of hydrogen-bond donors (Lipinski definition) is 0. The third kappa shape index (κ3) is 3.05. The molecule has 1 saturated carbocycles. The summed E-state index contributed by atoms with van der Waals surface area (Å²) in [6.07, 6.45) is 4.95. The summed E-state index contributed by atoms with van der Waals surface area (Å²) >= 11 is 0. The fourth-order valence-corrected chi connectivity index (χ4v) is 2.09. The monoisotopic (exact) mass is 233 g/mol. The molecular weight excluding hydrogens is 214 g/mol. The maximum Gasteiger partial charge on any atom is 0.214 e. The quantitative estimate of drug-likeness (QED) is 0.749. The molecule has 0 aromatic carbocycles. The van der Waals surface area contributed by atoms with Crippen LogP contribution in [0.2, 0.25) is 0 Å². The molecule has 1 aliphatic rings. The standard InChI is InChI=1S/C14H19NO2/c1-10(2)14(16)12-8-5-9-13(15-12)17-11-6-3-4-7-11/h5,8-11H,3-4,6-7H2,1-2H3. The smallest absolute Gasteiger partial charge is 0.214 e. The number of ether oxygens (including phenoxy) is 1. The maximum absolute atomic E-state index is 11.8. The highest BCUT2D eigenvalue weighted by Gasteiger charge is 2.18. The van der Waals surface area contributed by atoms with Gasteiger partial charge in [-0.1, -0.05) is 19.9 Å². The number of ketones is 1. The second-order valence-electron chi connectivity index (χ2n) is 4.90. The van der Waals surface area contributed by atoms with Crippen LogP contribution in [0.4, 0.5) is 0 Å². The van der Waals surface area contributed by atoms with E-state index < -0.39 is 0 Å². The van der Waals surface area contributed by atoms with Crippen LogP contribution in [0.25, 0.3) is 0 Å². The molecule has 1 aliphatic carbocycles. The minimum absolute atomic E-state index is 0.0239. The van der Waals surface area contributed by atoms with E-state index in [0.717, 1.165) is 12.8 Å². The van der Waals surface area contributed by atoms with E-state index in [2.05, 4.69) is 4.98 Å². The van der Waals surface area contributed by atoms with Crippen LogP contribution in [0, 0.1) is 5.92 Å². The number of rotatable bonds is 4. The van der Waals surface area contributed by atoms with E-state index in [1.165, 1.54) is 12.8 Å². The Hall–Kier alpha value is -1.38. The number of pyridine rings is 1. The Morgan fingerprint density at radius 2 is 2.06 bits per heavy atom. The van der Waals surface area contributed by atoms with Crippen LogP contribution in [0.5, 0.6) is 5.88 Å². The van der Waals surface area contributed by atoms with Gasteiger partial charge in [-0.15, -0.1) is 0 Å². The Labute approximate surface area is 102 Å². The van der Waals surface area contributed by atoms with Crippen LogP contribution >= 0.6 is 0 Å². The highest BCUT2D eigenvalue weighted by Crippen LogP contribution is 2.23. The van der Waals surface area contributed by atoms with Crippen molar-refractivity contribution in [3.05, 3.63) is 23.9 Å². The van der Waals surface area contributed by atoms with Crippen LogP contribution in [0.1, 0.15) is 50.0 Å². The molecule has 3 heteroatoms. The average Bonchev–Trinajstić information content (AvgIpc) is 2.81. The second kappa shape index (κ2) is 5.30. The van der Waals surface area contributed by atoms with E-state index in [0.29, 0.717) is 11.6 Å². The number of nitrogens with zero attached hydrogens (tertiary/aromatic N) is 1. The van der Waals surface area contributed by atoms with Crippen molar-refractivity contribution in [1.82, 2.24) is 4.98 Å². The van der Waals surface area contributed by atoms with Gasteiger partial charge in [0.25, 0.3) is 0 Å². The lowest BCUT2D eigenvalue weighted by molar-refractivity contribution is 0.0932. The Bertz CT molecular complexity index is 395. The fourth-order valence-electron chi connectivity index (χ4n) is 2.09. The van der Waals surface area contributed by atoms with Gasteiger partial charge in [0.2, 0.25) is 5.88 Å². The molecule has 0 radical (unpaired) electrons. The molecule has 17 heavy (non-hydrogen) atoms. The predicted molar refractivity (Wildman–Crippen MR) is 66.3 cm³/mol. The summed E-state index contributed by atoms with van der Waals surface area (Å²) in [5.41, 5.74) is 0.510. The summed E-state index contributed by atoms with van der Waals surface area (Å²) in [5, 5.41) is 0. The zero-order valence-electron chi connectivity index (χ0n) is 10.5. The van der Waals surface area contributed by atoms with Crippen LogP contribution < -0.4 is 4.74 Å². The van der Waals surface area contributed by atoms with Crippen molar-refractivity contribution in [2.24, 2.45) is 5.92 Å². The first-order chi connectivity index (χ1) is 8.16. The lowest BCUT2D eigenvalue weighted by Gasteiger charge is -2.12. The summed E-state index contributed by atoms with van der Waals surface area (Å²) in [4.78, 5) is 16.1. The molecule has 0 amide bonds. The van der Waals surface area contributed by atoms with Crippen molar-refractivity contribution in [3.8, 4) is 5.88 Å². The van der Waals surface area contributed by atoms with Gasteiger partial charge in [0.15, 0.2) is 5.78 Å². The summed E-state index contributed by atoms with van der Waals surface area (Å²) in [6.45, 7) is 3.77. The summed E-state index contributed by atoms with van der Waals surface area (Å²) in [5.74, 6) is 0.634. The van der Waals surface area contributed by atoms with Crippen molar-refractivity contribution in [2.75, 3.05) is 0 Å². The van der Waals surface area contributed by atoms with E-state index in [1.54, 1.807) is 6.07 Å². The van der Waals surface area contributed by atoms with Crippen molar-refractivity contribution >= 4 is 5.78 Å². The van der Waals surface area contributed by atoms with Crippen molar-refractivity contribution in [1.29, 1.82) is 0 Å². The number of aromatic nitrogens is 1. The summed E-state index contributed by atoms with van der Waals surface area (Å²) in [7, 11) is 0. The number of carbonyl (C=O) groups excluding carboxylic acids is 1. The van der Waals surface area contributed by atoms with Gasteiger partial charge in [0, 0.05) is 12.0 Å². The molecule has 1 aromatic heterocycles. The molecule has 0 bridgehead atoms. The number of carbonyl (C=O) groups is 1. The Morgan fingerprint density at radius 3 is 2.71 bits per heavy atom. The molecule has 0 saturated heterocycles. The molecule has 2 rings (SSSR count). The molecule has 1 fully saturated rings. The first-order valence-electron chi connectivity index (χ1n) is 6.35. The van der Waals surface area contributed by atoms with E-state index in [9.17, 15) is 4.79 Å². The molecule has 1 aromatic rings. The molecule has 0 unspecified atom stereocenters. The fraction of sp³-hybridized carbons (Fsp3) is 0.571. The van der Waals surface area contributed by atoms with Gasteiger partial charge in [0.05, 0.1) is 0 Å². The van der Waals surface area contributed by atoms with E-state index in [1.807, 2.05) is 26.0 Å². The molecular formula is C14H19NO2. The third-order valence-corrected chi connectivity index (χ3v) is 3.09. The van der Waals surface area contributed by atoms with Crippen LogP contribution in [0.15, 0.2) is 18.2 Å². The Kier molecular flexibility index (Phi) is 3.77. The zero-order chi connectivity index (χ0) is 12.3. The first-order valence-corrected chi connectivity index (χ1v) is 6.35. The SMILES string of the molecule is CC(C)C(=O)c1cccc(OC2CCCC2)n1. The van der Waals surface area contributed by atoms with Gasteiger partial charge in [-0.25, -0.2) is 4.98 Å². The number of Topliss-reactive ketones (excluding diaryl/α,β-unsaturated/α-hetero) is 1. The van der Waals surface area contributed by atoms with Gasteiger partial charge >= 0.3 is 0 Å². The third-order valence-electron chi connectivity index (χ3n) is 3.09. The van der Waals surface area contributed by atoms with Crippen molar-refractivity contribution in [3.63, 3.8) is 0 Å². The van der Waals surface area contributed by atoms with E-state index in [-0.39, 0.29) is 17.8 Å². The second-order valence-corrected chi connectivity index (χ2v) is 4.90. The normalized spacial score (nSPS) is 16.4. The van der Waals surface area contributed by atoms with Gasteiger partial charge in [-0.3, -0.25) is 4.79 Å². The lowest BCUT2D eigenvalue weighted by atomic mass is 10.1. The molecule has 3 nitrogen and oxygen atoms in total. The molecule has 1 heterocycles. The zero-order valence-corrected chi connectivity index (χ0v) is 10.5. The minimum Gasteiger partial charge on any atom is -0.474 e. The molecule has 92 valence electrons. The number of hydrogen-bond acceptors (Lipinski definition) is 3. The van der Waals surface area contributed by atoms with Crippen molar-refractivity contribution < 1.29 is 9.53 Å². The largest absolute Gasteiger partial charge is 0.474 e. The summed E-state index contributed by atoms with van der Waals surface area (Å²) < 4.78 is 5.78. The van der Waals surface area contributed by atoms with Gasteiger partial charge in [0.1, 0.15) is 11.8 Å². The Morgan fingerprint density at radius 1 is 1.35 bits per heavy atom. The Balaban J connectivity index is 2.08. The van der Waals surface area contributed by atoms with Gasteiger partial charge in [-0.05, 0) is 31.7 Å². The van der Waals surface area contributed by atoms with Crippen LogP contribution in [-0.2, 0) is 0 Å². The van der Waals surface area contributed by atoms with Gasteiger partial charge < -0.3 is 4.74 Å². The highest BCUT2D eigenvalue weighted by molar-refractivity contribution is 5.95. The molecule has 0 spiro atoms. The molecule has 0 atom stereocenters. The van der Waals surface area contributed by atoms with E-state index in [4.69, 9.17) is 4.74 Å². The minimum atomic E-state index is -0.0239. The highest BCUT2D eigenvalue weighted by atomic mass is 16.5. The summed E-state index contributed by atoms with van der Waals surface area (Å²) in [6, 6.07) is 5.42. The first kappa shape index (κ1) is 12.1. The van der Waals surface area contributed by atoms with E-state index >= 15 is 0 Å². The topological polar surface area (TPSA) is 39.2 Å². The lowest BCUT2D eigenvalue weighted by Crippen LogP contribution is -2.14. The van der Waals surface area contributed by atoms with Crippen LogP contribution in [-0.4, -0.2) is 16.9 Å². The average molecular weight is 233 g/mol. The predicted octanol–water partition coefficient (Wildman–Crippen LogP) is 3.24. The molecule has 0 aliphatic heterocycles. The van der Waals surface area contributed by atoms with Crippen molar-refractivity contribution in [2.45, 2.75) is 45.6 Å². The molecule has 0 N–H and O–H groups in total. The van der Waals surface area contributed by atoms with Crippen LogP contribution in [0.3, 0.4) is 0 Å². The van der Waals surface area contributed by atoms with Gasteiger partial charge in [-0.2, -0.15) is 0 Å². The maximum atomic E-state index is 11.8.